The van der Waals surface area contributed by atoms with Crippen molar-refractivity contribution in [2.45, 2.75) is 0 Å². The molecular weight excluding hydrogens is 217 g/mol. The molecule has 0 saturated heterocycles. The molecular formula is C6H3Cl2N3O2. The van der Waals surface area contributed by atoms with Crippen molar-refractivity contribution in [3.05, 3.63) is 23.2 Å². The lowest BCUT2D eigenvalue weighted by molar-refractivity contribution is -0.129. The van der Waals surface area contributed by atoms with Gasteiger partial charge in [-0.25, -0.2) is 4.79 Å². The Kier molecular flexibility index (Phi) is 3.16. The van der Waals surface area contributed by atoms with Crippen molar-refractivity contribution in [1.29, 1.82) is 0 Å². The van der Waals surface area contributed by atoms with Crippen LogP contribution in [0, 0.1) is 0 Å². The van der Waals surface area contributed by atoms with Crippen LogP contribution in [0.1, 0.15) is 0 Å². The zero-order chi connectivity index (χ0) is 9.84. The highest BCUT2D eigenvalue weighted by Crippen LogP contribution is 2.11. The van der Waals surface area contributed by atoms with Gasteiger partial charge in [0.05, 0.1) is 0 Å². The smallest absolute Gasteiger partial charge is 0.337 e. The van der Waals surface area contributed by atoms with E-state index in [1.54, 1.807) is 0 Å². The van der Waals surface area contributed by atoms with Crippen molar-refractivity contribution >= 4 is 29.2 Å². The third-order valence-electron chi connectivity index (χ3n) is 0.919. The lowest BCUT2D eigenvalue weighted by Gasteiger charge is -1.98. The van der Waals surface area contributed by atoms with E-state index in [0.29, 0.717) is 0 Å². The Morgan fingerprint density at radius 3 is 2.31 bits per heavy atom. The Bertz CT molecular complexity index is 335. The number of hydrogen-bond acceptors (Lipinski definition) is 5. The lowest BCUT2D eigenvalue weighted by Crippen LogP contribution is -2.07. The Hall–Kier alpha value is -1.20. The van der Waals surface area contributed by atoms with E-state index in [-0.39, 0.29) is 16.6 Å². The van der Waals surface area contributed by atoms with Gasteiger partial charge in [0.25, 0.3) is 0 Å². The average Bonchev–Trinajstić information content (AvgIpc) is 2.02. The fraction of sp³-hybridized carbons (Fsp3) is 0. The number of rotatable bonds is 2. The SMILES string of the molecule is C=CC(=O)Oc1nc(Cl)nc(Cl)n1. The molecule has 0 fully saturated rings. The maximum Gasteiger partial charge on any atom is 0.337 e. The van der Waals surface area contributed by atoms with Gasteiger partial charge in [-0.05, 0) is 23.2 Å². The Morgan fingerprint density at radius 2 is 1.85 bits per heavy atom. The molecule has 0 N–H and O–H groups in total. The van der Waals surface area contributed by atoms with Crippen LogP contribution in [0.5, 0.6) is 6.01 Å². The van der Waals surface area contributed by atoms with E-state index in [1.165, 1.54) is 0 Å². The highest BCUT2D eigenvalue weighted by Gasteiger charge is 2.06. The van der Waals surface area contributed by atoms with E-state index in [2.05, 4.69) is 26.3 Å². The molecule has 0 aromatic carbocycles. The van der Waals surface area contributed by atoms with Crippen LogP contribution in [-0.4, -0.2) is 20.9 Å². The molecule has 13 heavy (non-hydrogen) atoms. The molecule has 0 radical (unpaired) electrons. The highest BCUT2D eigenvalue weighted by molar-refractivity contribution is 6.31. The van der Waals surface area contributed by atoms with Gasteiger partial charge in [-0.15, -0.1) is 0 Å². The molecule has 5 nitrogen and oxygen atoms in total. The molecule has 0 amide bonds. The van der Waals surface area contributed by atoms with Gasteiger partial charge in [-0.3, -0.25) is 0 Å². The van der Waals surface area contributed by atoms with Gasteiger partial charge < -0.3 is 4.74 Å². The average molecular weight is 220 g/mol. The number of hydrogen-bond donors (Lipinski definition) is 0. The fourth-order valence-electron chi connectivity index (χ4n) is 0.486. The summed E-state index contributed by atoms with van der Waals surface area (Å²) >= 11 is 10.8. The number of carbonyl (C=O) groups excluding carboxylic acids is 1. The van der Waals surface area contributed by atoms with Crippen molar-refractivity contribution in [1.82, 2.24) is 15.0 Å². The lowest BCUT2D eigenvalue weighted by atomic mass is 10.7. The molecule has 0 aliphatic heterocycles. The van der Waals surface area contributed by atoms with Crippen LogP contribution in [0.4, 0.5) is 0 Å². The number of ether oxygens (including phenoxy) is 1. The maximum absolute atomic E-state index is 10.7. The van der Waals surface area contributed by atoms with Gasteiger partial charge in [-0.2, -0.15) is 15.0 Å². The van der Waals surface area contributed by atoms with Crippen molar-refractivity contribution in [3.8, 4) is 6.01 Å². The molecule has 0 saturated carbocycles. The predicted molar refractivity (Wildman–Crippen MR) is 45.7 cm³/mol. The summed E-state index contributed by atoms with van der Waals surface area (Å²) in [6, 6.07) is -0.255. The monoisotopic (exact) mass is 219 g/mol. The molecule has 0 aliphatic carbocycles. The van der Waals surface area contributed by atoms with Gasteiger partial charge in [0.2, 0.25) is 10.6 Å². The molecule has 1 aromatic rings. The normalized spacial score (nSPS) is 9.38. The topological polar surface area (TPSA) is 65.0 Å². The minimum atomic E-state index is -0.696. The molecule has 0 aliphatic rings. The van der Waals surface area contributed by atoms with E-state index in [0.717, 1.165) is 6.08 Å². The van der Waals surface area contributed by atoms with Gasteiger partial charge in [0.15, 0.2) is 0 Å². The number of esters is 1. The molecule has 7 heteroatoms. The van der Waals surface area contributed by atoms with Gasteiger partial charge in [-0.1, -0.05) is 6.58 Å². The summed E-state index contributed by atoms with van der Waals surface area (Å²) in [4.78, 5) is 21.1. The van der Waals surface area contributed by atoms with E-state index in [9.17, 15) is 4.79 Å². The van der Waals surface area contributed by atoms with Crippen LogP contribution in [-0.2, 0) is 4.79 Å². The second-order valence-corrected chi connectivity index (χ2v) is 2.46. The van der Waals surface area contributed by atoms with Gasteiger partial charge in [0.1, 0.15) is 0 Å². The number of carbonyl (C=O) groups is 1. The molecule has 68 valence electrons. The summed E-state index contributed by atoms with van der Waals surface area (Å²) in [5, 5.41) is -0.293. The fourth-order valence-corrected chi connectivity index (χ4v) is 0.834. The summed E-state index contributed by atoms with van der Waals surface area (Å²) < 4.78 is 4.54. The van der Waals surface area contributed by atoms with E-state index in [1.807, 2.05) is 0 Å². The van der Waals surface area contributed by atoms with Crippen LogP contribution in [0.2, 0.25) is 10.6 Å². The van der Waals surface area contributed by atoms with Crippen LogP contribution >= 0.6 is 23.2 Å². The quantitative estimate of drug-likeness (QED) is 0.554. The minimum absolute atomic E-state index is 0.146. The maximum atomic E-state index is 10.7. The van der Waals surface area contributed by atoms with Crippen molar-refractivity contribution in [2.24, 2.45) is 0 Å². The summed E-state index contributed by atoms with van der Waals surface area (Å²) in [5.74, 6) is -0.696. The van der Waals surface area contributed by atoms with Crippen LogP contribution in [0.25, 0.3) is 0 Å². The standard InChI is InChI=1S/C6H3Cl2N3O2/c1-2-3(12)13-6-10-4(7)9-5(8)11-6/h2H,1H2. The zero-order valence-electron chi connectivity index (χ0n) is 6.20. The zero-order valence-corrected chi connectivity index (χ0v) is 7.71. The summed E-state index contributed by atoms with van der Waals surface area (Å²) in [6.45, 7) is 3.19. The summed E-state index contributed by atoms with van der Waals surface area (Å²) in [7, 11) is 0. The first-order valence-electron chi connectivity index (χ1n) is 3.03. The highest BCUT2D eigenvalue weighted by atomic mass is 35.5. The van der Waals surface area contributed by atoms with Gasteiger partial charge >= 0.3 is 12.0 Å². The van der Waals surface area contributed by atoms with Crippen LogP contribution in [0.3, 0.4) is 0 Å². The third kappa shape index (κ3) is 2.96. The Balaban J connectivity index is 2.89. The molecule has 0 bridgehead atoms. The van der Waals surface area contributed by atoms with Crippen molar-refractivity contribution < 1.29 is 9.53 Å². The number of aromatic nitrogens is 3. The Morgan fingerprint density at radius 1 is 1.31 bits per heavy atom. The largest absolute Gasteiger partial charge is 0.387 e. The van der Waals surface area contributed by atoms with E-state index in [4.69, 9.17) is 23.2 Å². The first kappa shape index (κ1) is 9.88. The van der Waals surface area contributed by atoms with Crippen molar-refractivity contribution in [3.63, 3.8) is 0 Å². The molecule has 0 unspecified atom stereocenters. The first-order valence-corrected chi connectivity index (χ1v) is 3.78. The predicted octanol–water partition coefficient (Wildman–Crippen LogP) is 1.27. The number of nitrogens with zero attached hydrogens (tertiary/aromatic N) is 3. The molecule has 1 rings (SSSR count). The van der Waals surface area contributed by atoms with E-state index >= 15 is 0 Å². The summed E-state index contributed by atoms with van der Waals surface area (Å²) in [5.41, 5.74) is 0. The molecule has 0 atom stereocenters. The number of halogens is 2. The van der Waals surface area contributed by atoms with Crippen molar-refractivity contribution in [2.75, 3.05) is 0 Å². The molecule has 1 aromatic heterocycles. The van der Waals surface area contributed by atoms with E-state index < -0.39 is 5.97 Å². The third-order valence-corrected chi connectivity index (χ3v) is 1.26. The first-order chi connectivity index (χ1) is 6.11. The minimum Gasteiger partial charge on any atom is -0.387 e. The van der Waals surface area contributed by atoms with Crippen LogP contribution < -0.4 is 4.74 Å². The van der Waals surface area contributed by atoms with Gasteiger partial charge in [0, 0.05) is 6.08 Å². The molecule has 0 spiro atoms. The summed E-state index contributed by atoms with van der Waals surface area (Å²) in [6.07, 6.45) is 0.964. The second kappa shape index (κ2) is 4.15. The second-order valence-electron chi connectivity index (χ2n) is 1.78. The van der Waals surface area contributed by atoms with Crippen LogP contribution in [0.15, 0.2) is 12.7 Å². The molecule has 1 heterocycles. The Labute approximate surface area is 83.4 Å².